The highest BCUT2D eigenvalue weighted by molar-refractivity contribution is 5.93. The van der Waals surface area contributed by atoms with Gasteiger partial charge in [0.05, 0.1) is 11.3 Å². The van der Waals surface area contributed by atoms with E-state index in [0.717, 1.165) is 25.1 Å². The van der Waals surface area contributed by atoms with Crippen molar-refractivity contribution < 1.29 is 4.79 Å². The summed E-state index contributed by atoms with van der Waals surface area (Å²) in [4.78, 5) is 23.3. The van der Waals surface area contributed by atoms with Crippen molar-refractivity contribution in [3.63, 3.8) is 0 Å². The quantitative estimate of drug-likeness (QED) is 0.762. The fraction of sp³-hybridized carbons (Fsp3) is 0.316. The minimum absolute atomic E-state index is 0.00849. The molecule has 0 spiro atoms. The van der Waals surface area contributed by atoms with Crippen LogP contribution in [0.25, 0.3) is 5.78 Å². The number of carbonyl (C=O) groups excluding carboxylic acids is 1. The third-order valence-corrected chi connectivity index (χ3v) is 4.70. The maximum atomic E-state index is 12.8. The first-order valence-corrected chi connectivity index (χ1v) is 8.89. The van der Waals surface area contributed by atoms with Crippen molar-refractivity contribution in [1.82, 2.24) is 24.9 Å². The lowest BCUT2D eigenvalue weighted by Crippen LogP contribution is -2.48. The highest BCUT2D eigenvalue weighted by Gasteiger charge is 2.24. The van der Waals surface area contributed by atoms with Crippen molar-refractivity contribution >= 4 is 17.4 Å². The first-order chi connectivity index (χ1) is 13.2. The molecule has 8 heteroatoms. The van der Waals surface area contributed by atoms with E-state index >= 15 is 0 Å². The van der Waals surface area contributed by atoms with Crippen molar-refractivity contribution in [2.24, 2.45) is 0 Å². The fourth-order valence-electron chi connectivity index (χ4n) is 3.48. The number of benzene rings is 1. The van der Waals surface area contributed by atoms with Crippen molar-refractivity contribution in [3.05, 3.63) is 53.6 Å². The van der Waals surface area contributed by atoms with Gasteiger partial charge < -0.3 is 10.2 Å². The molecule has 0 aliphatic carbocycles. The minimum atomic E-state index is -0.201. The van der Waals surface area contributed by atoms with E-state index in [4.69, 9.17) is 0 Å². The van der Waals surface area contributed by atoms with Crippen LogP contribution in [0.4, 0.5) is 5.69 Å². The van der Waals surface area contributed by atoms with Crippen LogP contribution < -0.4 is 10.2 Å². The number of aryl methyl sites for hydroxylation is 1. The van der Waals surface area contributed by atoms with Crippen LogP contribution in [0.1, 0.15) is 34.7 Å². The molecule has 8 nitrogen and oxygen atoms in total. The number of nitrogens with zero attached hydrogens (tertiary/aromatic N) is 6. The number of rotatable bonds is 3. The number of carbonyl (C=O) groups is 1. The van der Waals surface area contributed by atoms with E-state index in [2.05, 4.69) is 31.4 Å². The van der Waals surface area contributed by atoms with Gasteiger partial charge in [-0.1, -0.05) is 12.1 Å². The first-order valence-electron chi connectivity index (χ1n) is 8.89. The Labute approximate surface area is 156 Å². The number of amides is 1. The molecule has 1 saturated heterocycles. The number of nitrogens with one attached hydrogen (secondary N) is 1. The molecule has 2 aromatic heterocycles. The Bertz CT molecular complexity index is 1040. The predicted molar refractivity (Wildman–Crippen MR) is 99.4 cm³/mol. The van der Waals surface area contributed by atoms with E-state index in [-0.39, 0.29) is 11.9 Å². The largest absolute Gasteiger partial charge is 0.368 e. The highest BCUT2D eigenvalue weighted by Crippen LogP contribution is 2.23. The van der Waals surface area contributed by atoms with Crippen LogP contribution in [0.3, 0.4) is 0 Å². The van der Waals surface area contributed by atoms with E-state index in [1.807, 2.05) is 24.3 Å². The standard InChI is InChI=1S/C19H19N7O/c1-13-22-19-21-9-8-17(26(19)24-13)18(27)23-15-6-4-10-25(12-15)16-7-3-2-5-14(16)11-20/h2-3,5,7-9,15H,4,6,10,12H2,1H3,(H,23,27)/t15-/m1/s1. The lowest BCUT2D eigenvalue weighted by atomic mass is 10.0. The zero-order valence-electron chi connectivity index (χ0n) is 15.0. The average Bonchev–Trinajstić information content (AvgIpc) is 3.08. The summed E-state index contributed by atoms with van der Waals surface area (Å²) in [5.74, 6) is 0.779. The summed E-state index contributed by atoms with van der Waals surface area (Å²) in [6.07, 6.45) is 3.40. The number of fused-ring (bicyclic) bond motifs is 1. The summed E-state index contributed by atoms with van der Waals surface area (Å²) in [7, 11) is 0. The number of nitriles is 1. The topological polar surface area (TPSA) is 99.2 Å². The van der Waals surface area contributed by atoms with Gasteiger partial charge in [-0.25, -0.2) is 4.98 Å². The van der Waals surface area contributed by atoms with Crippen LogP contribution in [-0.4, -0.2) is 44.6 Å². The molecular formula is C19H19N7O. The van der Waals surface area contributed by atoms with Gasteiger partial charge in [-0.15, -0.1) is 5.10 Å². The van der Waals surface area contributed by atoms with E-state index in [9.17, 15) is 10.1 Å². The highest BCUT2D eigenvalue weighted by atomic mass is 16.2. The van der Waals surface area contributed by atoms with Crippen molar-refractivity contribution in [1.29, 1.82) is 5.26 Å². The van der Waals surface area contributed by atoms with Gasteiger partial charge in [0.1, 0.15) is 17.6 Å². The van der Waals surface area contributed by atoms with Crippen molar-refractivity contribution in [2.45, 2.75) is 25.8 Å². The van der Waals surface area contributed by atoms with Crippen LogP contribution in [-0.2, 0) is 0 Å². The van der Waals surface area contributed by atoms with Crippen LogP contribution in [0.15, 0.2) is 36.5 Å². The maximum absolute atomic E-state index is 12.8. The molecule has 1 aliphatic rings. The molecule has 1 atom stereocenters. The summed E-state index contributed by atoms with van der Waals surface area (Å²) < 4.78 is 1.47. The third kappa shape index (κ3) is 3.31. The first kappa shape index (κ1) is 17.0. The molecule has 3 heterocycles. The van der Waals surface area contributed by atoms with Gasteiger partial charge in [0.25, 0.3) is 11.7 Å². The van der Waals surface area contributed by atoms with E-state index in [0.29, 0.717) is 29.4 Å². The van der Waals surface area contributed by atoms with Crippen LogP contribution in [0.5, 0.6) is 0 Å². The van der Waals surface area contributed by atoms with Gasteiger partial charge in [-0.3, -0.25) is 4.79 Å². The Morgan fingerprint density at radius 2 is 2.19 bits per heavy atom. The third-order valence-electron chi connectivity index (χ3n) is 4.70. The zero-order chi connectivity index (χ0) is 18.8. The number of hydrogen-bond acceptors (Lipinski definition) is 6. The number of anilines is 1. The summed E-state index contributed by atoms with van der Waals surface area (Å²) in [6, 6.07) is 11.4. The molecule has 1 aromatic carbocycles. The zero-order valence-corrected chi connectivity index (χ0v) is 15.0. The van der Waals surface area contributed by atoms with Crippen molar-refractivity contribution in [3.8, 4) is 6.07 Å². The molecule has 1 fully saturated rings. The number of para-hydroxylation sites is 1. The van der Waals surface area contributed by atoms with Crippen LogP contribution in [0, 0.1) is 18.3 Å². The Hall–Kier alpha value is -3.47. The monoisotopic (exact) mass is 361 g/mol. The lowest BCUT2D eigenvalue weighted by Gasteiger charge is -2.35. The smallest absolute Gasteiger partial charge is 0.270 e. The Balaban J connectivity index is 1.52. The summed E-state index contributed by atoms with van der Waals surface area (Å²) in [6.45, 7) is 3.30. The molecule has 0 radical (unpaired) electrons. The van der Waals surface area contributed by atoms with Gasteiger partial charge in [-0.2, -0.15) is 14.8 Å². The predicted octanol–water partition coefficient (Wildman–Crippen LogP) is 1.70. The molecule has 27 heavy (non-hydrogen) atoms. The van der Waals surface area contributed by atoms with Gasteiger partial charge in [0.15, 0.2) is 0 Å². The van der Waals surface area contributed by atoms with Gasteiger partial charge in [0, 0.05) is 25.3 Å². The molecule has 1 aliphatic heterocycles. The van der Waals surface area contributed by atoms with Crippen LogP contribution in [0.2, 0.25) is 0 Å². The minimum Gasteiger partial charge on any atom is -0.368 e. The molecule has 0 saturated carbocycles. The second-order valence-electron chi connectivity index (χ2n) is 6.59. The Kier molecular flexibility index (Phi) is 4.42. The molecule has 136 valence electrons. The van der Waals surface area contributed by atoms with Gasteiger partial charge >= 0.3 is 0 Å². The summed E-state index contributed by atoms with van der Waals surface area (Å²) >= 11 is 0. The molecule has 0 unspecified atom stereocenters. The molecule has 1 amide bonds. The van der Waals surface area contributed by atoms with E-state index in [1.54, 1.807) is 19.2 Å². The molecule has 1 N–H and O–H groups in total. The lowest BCUT2D eigenvalue weighted by molar-refractivity contribution is 0.0925. The normalized spacial score (nSPS) is 16.9. The number of hydrogen-bond donors (Lipinski definition) is 1. The molecule has 0 bridgehead atoms. The molecule has 3 aromatic rings. The van der Waals surface area contributed by atoms with Gasteiger partial charge in [-0.05, 0) is 38.0 Å². The van der Waals surface area contributed by atoms with Crippen molar-refractivity contribution in [2.75, 3.05) is 18.0 Å². The average molecular weight is 361 g/mol. The number of aromatic nitrogens is 4. The second-order valence-corrected chi connectivity index (χ2v) is 6.59. The molecule has 4 rings (SSSR count). The summed E-state index contributed by atoms with van der Waals surface area (Å²) in [5.41, 5.74) is 1.98. The van der Waals surface area contributed by atoms with Crippen LogP contribution >= 0.6 is 0 Å². The maximum Gasteiger partial charge on any atom is 0.270 e. The van der Waals surface area contributed by atoms with Gasteiger partial charge in [0.2, 0.25) is 0 Å². The second kappa shape index (κ2) is 7.03. The Morgan fingerprint density at radius 3 is 3.04 bits per heavy atom. The number of piperidine rings is 1. The Morgan fingerprint density at radius 1 is 1.33 bits per heavy atom. The fourth-order valence-corrected chi connectivity index (χ4v) is 3.48. The van der Waals surface area contributed by atoms with E-state index in [1.165, 1.54) is 4.52 Å². The SMILES string of the molecule is Cc1nc2nccc(C(=O)N[C@@H]3CCCN(c4ccccc4C#N)C3)n2n1. The van der Waals surface area contributed by atoms with E-state index < -0.39 is 0 Å². The summed E-state index contributed by atoms with van der Waals surface area (Å²) in [5, 5.41) is 16.7. The molecular weight excluding hydrogens is 342 g/mol.